The summed E-state index contributed by atoms with van der Waals surface area (Å²) in [5.74, 6) is -2.72. The molecule has 2 unspecified atom stereocenters. The van der Waals surface area contributed by atoms with Crippen molar-refractivity contribution in [3.8, 4) is 0 Å². The van der Waals surface area contributed by atoms with Crippen LogP contribution in [0.2, 0.25) is 0 Å². The number of ketones is 2. The van der Waals surface area contributed by atoms with E-state index in [0.717, 1.165) is 28.0 Å². The number of carbonyl (C=O) groups excluding carboxylic acids is 4. The second kappa shape index (κ2) is 12.7. The number of nitrogens with zero attached hydrogens (tertiary/aromatic N) is 1. The summed E-state index contributed by atoms with van der Waals surface area (Å²) in [5, 5.41) is -1.72. The molecule has 212 valence electrons. The minimum Gasteiger partial charge on any atom is -0.446 e. The van der Waals surface area contributed by atoms with E-state index in [1.54, 1.807) is 11.8 Å². The van der Waals surface area contributed by atoms with Gasteiger partial charge in [-0.05, 0) is 47.6 Å². The van der Waals surface area contributed by atoms with E-state index in [9.17, 15) is 27.6 Å². The molecule has 1 aliphatic carbocycles. The number of allylic oxidation sites excluding steroid dienone is 1. The van der Waals surface area contributed by atoms with Crippen molar-refractivity contribution in [2.45, 2.75) is 63.3 Å². The van der Waals surface area contributed by atoms with Crippen LogP contribution in [0.25, 0.3) is 5.57 Å². The lowest BCUT2D eigenvalue weighted by Crippen LogP contribution is -2.36. The molecule has 1 N–H and O–H groups in total. The molecular formula is C29H32N2O8S. The molecule has 40 heavy (non-hydrogen) atoms. The molecule has 4 rings (SSSR count). The highest BCUT2D eigenvalue weighted by Crippen LogP contribution is 2.33. The molecule has 2 aromatic carbocycles. The Morgan fingerprint density at radius 2 is 1.70 bits per heavy atom. The highest BCUT2D eigenvalue weighted by Gasteiger charge is 2.50. The van der Waals surface area contributed by atoms with E-state index in [0.29, 0.717) is 19.4 Å². The number of benzene rings is 2. The predicted molar refractivity (Wildman–Crippen MR) is 147 cm³/mol. The second-order valence-corrected chi connectivity index (χ2v) is 11.5. The lowest BCUT2D eigenvalue weighted by Gasteiger charge is -2.29. The van der Waals surface area contributed by atoms with E-state index in [-0.39, 0.29) is 31.7 Å². The number of para-hydroxylation sites is 1. The Morgan fingerprint density at radius 1 is 1.02 bits per heavy atom. The minimum atomic E-state index is -4.38. The van der Waals surface area contributed by atoms with Gasteiger partial charge < -0.3 is 9.64 Å². The second-order valence-electron chi connectivity index (χ2n) is 9.76. The largest absolute Gasteiger partial charge is 0.446 e. The van der Waals surface area contributed by atoms with Crippen LogP contribution in [0.4, 0.5) is 5.69 Å². The van der Waals surface area contributed by atoms with Gasteiger partial charge in [0.25, 0.3) is 10.1 Å². The molecule has 0 bridgehead atoms. The van der Waals surface area contributed by atoms with Crippen molar-refractivity contribution in [1.82, 2.24) is 5.48 Å². The molecule has 0 radical (unpaired) electrons. The standard InChI is InChI=1S/C29H32N2O8S/c1-3-30-39-40(36,37)25-17-24(32)29(28(25)35)38-27(34)15-9-8-14-26(33)31-18-21-11-4-6-12-22(21)19(2)16-20-10-5-7-13-23(20)31/h4-7,10-13,25,29-30H,2-3,8-9,14-18H2,1H3. The van der Waals surface area contributed by atoms with Gasteiger partial charge in [0.05, 0.1) is 6.54 Å². The van der Waals surface area contributed by atoms with Gasteiger partial charge in [-0.15, -0.1) is 0 Å². The quantitative estimate of drug-likeness (QED) is 0.198. The van der Waals surface area contributed by atoms with Gasteiger partial charge in [-0.3, -0.25) is 19.2 Å². The van der Waals surface area contributed by atoms with Gasteiger partial charge >= 0.3 is 5.97 Å². The summed E-state index contributed by atoms with van der Waals surface area (Å²) in [5.41, 5.74) is 6.99. The van der Waals surface area contributed by atoms with Crippen LogP contribution in [0.1, 0.15) is 55.7 Å². The van der Waals surface area contributed by atoms with E-state index in [2.05, 4.69) is 16.3 Å². The molecule has 1 fully saturated rings. The number of esters is 1. The zero-order valence-electron chi connectivity index (χ0n) is 22.3. The lowest BCUT2D eigenvalue weighted by atomic mass is 9.92. The summed E-state index contributed by atoms with van der Waals surface area (Å²) in [6.07, 6.45) is -1.07. The number of Topliss-reactive ketones (excluding diaryl/α,β-unsaturated/α-hetero) is 2. The molecule has 2 atom stereocenters. The van der Waals surface area contributed by atoms with Crippen LogP contribution in [-0.4, -0.2) is 49.8 Å². The molecule has 1 heterocycles. The van der Waals surface area contributed by atoms with Crippen molar-refractivity contribution in [3.05, 3.63) is 71.8 Å². The SMILES string of the molecule is C=C1Cc2ccccc2N(C(=O)CCCCC(=O)OC2C(=O)CC(S(=O)(=O)ONCC)C2=O)Cc2ccccc21. The summed E-state index contributed by atoms with van der Waals surface area (Å²) >= 11 is 0. The number of unbranched alkanes of at least 4 members (excludes halogenated alkanes) is 1. The molecule has 2 aliphatic rings. The Kier molecular flexibility index (Phi) is 9.28. The topological polar surface area (TPSA) is 136 Å². The number of hydroxylamine groups is 1. The highest BCUT2D eigenvalue weighted by molar-refractivity contribution is 7.88. The smallest absolute Gasteiger partial charge is 0.306 e. The molecule has 1 saturated carbocycles. The summed E-state index contributed by atoms with van der Waals surface area (Å²) in [6, 6.07) is 15.6. The zero-order chi connectivity index (χ0) is 28.9. The Hall–Kier alpha value is -3.67. The zero-order valence-corrected chi connectivity index (χ0v) is 23.1. The third-order valence-electron chi connectivity index (χ3n) is 6.91. The Balaban J connectivity index is 1.33. The number of rotatable bonds is 10. The number of nitrogens with one attached hydrogen (secondary N) is 1. The van der Waals surface area contributed by atoms with Crippen molar-refractivity contribution in [3.63, 3.8) is 0 Å². The van der Waals surface area contributed by atoms with E-state index in [1.807, 2.05) is 48.5 Å². The van der Waals surface area contributed by atoms with Crippen molar-refractivity contribution in [2.75, 3.05) is 11.4 Å². The fourth-order valence-corrected chi connectivity index (χ4v) is 6.06. The van der Waals surface area contributed by atoms with Crippen LogP contribution < -0.4 is 10.4 Å². The number of hydrogen-bond acceptors (Lipinski definition) is 9. The molecule has 10 nitrogen and oxygen atoms in total. The van der Waals surface area contributed by atoms with Crippen LogP contribution in [0.15, 0.2) is 55.1 Å². The third kappa shape index (κ3) is 6.55. The Morgan fingerprint density at radius 3 is 2.45 bits per heavy atom. The molecule has 0 saturated heterocycles. The van der Waals surface area contributed by atoms with E-state index < -0.39 is 45.4 Å². The normalized spacial score (nSPS) is 19.0. The van der Waals surface area contributed by atoms with Crippen LogP contribution in [0.3, 0.4) is 0 Å². The number of hydrogen-bond donors (Lipinski definition) is 1. The number of ether oxygens (including phenoxy) is 1. The fourth-order valence-electron chi connectivity index (χ4n) is 4.89. The molecule has 0 spiro atoms. The van der Waals surface area contributed by atoms with Gasteiger partial charge in [0.1, 0.15) is 0 Å². The maximum absolute atomic E-state index is 13.4. The predicted octanol–water partition coefficient (Wildman–Crippen LogP) is 3.04. The van der Waals surface area contributed by atoms with E-state index >= 15 is 0 Å². The average molecular weight is 569 g/mol. The van der Waals surface area contributed by atoms with Crippen LogP contribution >= 0.6 is 0 Å². The fraction of sp³-hybridized carbons (Fsp3) is 0.379. The summed E-state index contributed by atoms with van der Waals surface area (Å²) < 4.78 is 33.8. The van der Waals surface area contributed by atoms with E-state index in [1.165, 1.54) is 0 Å². The number of anilines is 1. The molecule has 1 aliphatic heterocycles. The highest BCUT2D eigenvalue weighted by atomic mass is 32.2. The summed E-state index contributed by atoms with van der Waals surface area (Å²) in [7, 11) is -4.38. The van der Waals surface area contributed by atoms with Crippen LogP contribution in [0, 0.1) is 0 Å². The summed E-state index contributed by atoms with van der Waals surface area (Å²) in [6.45, 7) is 6.40. The molecule has 1 amide bonds. The maximum Gasteiger partial charge on any atom is 0.306 e. The van der Waals surface area contributed by atoms with Gasteiger partial charge in [0.2, 0.25) is 17.8 Å². The first kappa shape index (κ1) is 29.3. The number of amides is 1. The van der Waals surface area contributed by atoms with Crippen molar-refractivity contribution >= 4 is 44.8 Å². The first-order chi connectivity index (χ1) is 19.1. The number of fused-ring (bicyclic) bond motifs is 2. The van der Waals surface area contributed by atoms with Gasteiger partial charge in [-0.25, -0.2) is 0 Å². The lowest BCUT2D eigenvalue weighted by molar-refractivity contribution is -0.157. The summed E-state index contributed by atoms with van der Waals surface area (Å²) in [4.78, 5) is 52.2. The number of carbonyl (C=O) groups is 4. The molecule has 11 heteroatoms. The molecule has 2 aromatic rings. The van der Waals surface area contributed by atoms with Crippen molar-refractivity contribution < 1.29 is 36.6 Å². The Bertz CT molecular complexity index is 1440. The van der Waals surface area contributed by atoms with Crippen molar-refractivity contribution in [1.29, 1.82) is 0 Å². The van der Waals surface area contributed by atoms with Crippen LogP contribution in [0.5, 0.6) is 0 Å². The molecule has 0 aromatic heterocycles. The first-order valence-electron chi connectivity index (χ1n) is 13.2. The van der Waals surface area contributed by atoms with Gasteiger partial charge in [0.15, 0.2) is 11.0 Å². The van der Waals surface area contributed by atoms with Gasteiger partial charge in [-0.2, -0.15) is 18.2 Å². The average Bonchev–Trinajstić information content (AvgIpc) is 3.21. The first-order valence-corrected chi connectivity index (χ1v) is 14.6. The monoisotopic (exact) mass is 568 g/mol. The third-order valence-corrected chi connectivity index (χ3v) is 8.35. The van der Waals surface area contributed by atoms with Crippen LogP contribution in [-0.2, 0) is 51.3 Å². The van der Waals surface area contributed by atoms with Gasteiger partial charge in [-0.1, -0.05) is 56.0 Å². The molecular weight excluding hydrogens is 536 g/mol. The Labute approximate surface area is 233 Å². The minimum absolute atomic E-state index is 0.0991. The van der Waals surface area contributed by atoms with Crippen molar-refractivity contribution in [2.24, 2.45) is 0 Å². The van der Waals surface area contributed by atoms with Gasteiger partial charge in [0, 0.05) is 31.5 Å². The maximum atomic E-state index is 13.4. The van der Waals surface area contributed by atoms with E-state index in [4.69, 9.17) is 4.74 Å².